The van der Waals surface area contributed by atoms with Crippen molar-refractivity contribution in [3.8, 4) is 0 Å². The minimum Gasteiger partial charge on any atom is -0.396 e. The Balaban J connectivity index is 2.02. The molecule has 0 radical (unpaired) electrons. The summed E-state index contributed by atoms with van der Waals surface area (Å²) in [7, 11) is 0. The van der Waals surface area contributed by atoms with Gasteiger partial charge in [-0.2, -0.15) is 4.98 Å². The summed E-state index contributed by atoms with van der Waals surface area (Å²) in [6.07, 6.45) is 1.56. The fourth-order valence-electron chi connectivity index (χ4n) is 3.25. The van der Waals surface area contributed by atoms with Gasteiger partial charge in [0.25, 0.3) is 5.56 Å². The number of rotatable bonds is 3. The molecule has 6 N–H and O–H groups in total. The Morgan fingerprint density at radius 3 is 2.68 bits per heavy atom. The van der Waals surface area contributed by atoms with Crippen LogP contribution >= 0.6 is 0 Å². The first-order valence-corrected chi connectivity index (χ1v) is 7.17. The highest BCUT2D eigenvalue weighted by Gasteiger charge is 2.37. The number of fused-ring (bicyclic) bond motifs is 1. The molecule has 9 nitrogen and oxygen atoms in total. The molecule has 22 heavy (non-hydrogen) atoms. The number of hydrogen-bond donors (Lipinski definition) is 5. The van der Waals surface area contributed by atoms with Gasteiger partial charge in [-0.05, 0) is 24.7 Å². The molecule has 2 heterocycles. The molecule has 1 aliphatic carbocycles. The quantitative estimate of drug-likeness (QED) is 0.468. The standard InChI is InChI=1S/C13H19N5O4/c14-13-16-11-10(12(22)17-13)15-5-18(11)8-1-6(3-19)7(4-20)2-9(8)21/h5-9,19-21H,1-4H2,(H3,14,16,17,22)/t6-,7-,8-,9+/m1/s1. The molecule has 0 unspecified atom stereocenters. The van der Waals surface area contributed by atoms with Crippen LogP contribution in [0.15, 0.2) is 11.1 Å². The zero-order valence-corrected chi connectivity index (χ0v) is 11.9. The summed E-state index contributed by atoms with van der Waals surface area (Å²) in [5.41, 5.74) is 5.61. The van der Waals surface area contributed by atoms with E-state index in [2.05, 4.69) is 15.0 Å². The van der Waals surface area contributed by atoms with E-state index in [1.807, 2.05) is 0 Å². The molecule has 1 saturated carbocycles. The van der Waals surface area contributed by atoms with Gasteiger partial charge in [0, 0.05) is 13.2 Å². The Morgan fingerprint density at radius 2 is 2.00 bits per heavy atom. The van der Waals surface area contributed by atoms with E-state index >= 15 is 0 Å². The van der Waals surface area contributed by atoms with Crippen molar-refractivity contribution >= 4 is 17.1 Å². The lowest BCUT2D eigenvalue weighted by Crippen LogP contribution is -2.39. The first-order valence-electron chi connectivity index (χ1n) is 7.17. The number of anilines is 1. The number of nitrogens with zero attached hydrogens (tertiary/aromatic N) is 3. The molecule has 120 valence electrons. The highest BCUT2D eigenvalue weighted by molar-refractivity contribution is 5.70. The minimum absolute atomic E-state index is 0.0171. The number of aliphatic hydroxyl groups is 3. The van der Waals surface area contributed by atoms with Gasteiger partial charge in [0.2, 0.25) is 5.95 Å². The summed E-state index contributed by atoms with van der Waals surface area (Å²) < 4.78 is 1.63. The van der Waals surface area contributed by atoms with Gasteiger partial charge in [-0.15, -0.1) is 0 Å². The molecule has 0 saturated heterocycles. The highest BCUT2D eigenvalue weighted by atomic mass is 16.3. The first-order chi connectivity index (χ1) is 10.5. The monoisotopic (exact) mass is 309 g/mol. The lowest BCUT2D eigenvalue weighted by atomic mass is 9.76. The Kier molecular flexibility index (Phi) is 3.85. The number of aliphatic hydroxyl groups excluding tert-OH is 3. The van der Waals surface area contributed by atoms with Crippen molar-refractivity contribution in [1.82, 2.24) is 19.5 Å². The summed E-state index contributed by atoms with van der Waals surface area (Å²) in [4.78, 5) is 22.3. The van der Waals surface area contributed by atoms with Crippen LogP contribution in [0.3, 0.4) is 0 Å². The number of aromatic amines is 1. The van der Waals surface area contributed by atoms with Crippen LogP contribution in [0.1, 0.15) is 18.9 Å². The van der Waals surface area contributed by atoms with Crippen molar-refractivity contribution in [1.29, 1.82) is 0 Å². The third kappa shape index (κ3) is 2.36. The van der Waals surface area contributed by atoms with E-state index in [1.165, 1.54) is 6.33 Å². The zero-order valence-electron chi connectivity index (χ0n) is 11.9. The van der Waals surface area contributed by atoms with E-state index in [4.69, 9.17) is 5.73 Å². The van der Waals surface area contributed by atoms with Gasteiger partial charge in [0.1, 0.15) is 0 Å². The van der Waals surface area contributed by atoms with Crippen LogP contribution in [0.4, 0.5) is 5.95 Å². The average Bonchev–Trinajstić information content (AvgIpc) is 2.90. The van der Waals surface area contributed by atoms with E-state index in [-0.39, 0.29) is 42.6 Å². The molecule has 0 aromatic carbocycles. The first kappa shape index (κ1) is 14.9. The molecule has 1 fully saturated rings. The van der Waals surface area contributed by atoms with E-state index in [9.17, 15) is 20.1 Å². The Bertz CT molecular complexity index is 727. The number of aromatic nitrogens is 4. The second kappa shape index (κ2) is 5.67. The van der Waals surface area contributed by atoms with Gasteiger partial charge in [-0.3, -0.25) is 9.78 Å². The highest BCUT2D eigenvalue weighted by Crippen LogP contribution is 2.37. The van der Waals surface area contributed by atoms with Crippen molar-refractivity contribution in [2.45, 2.75) is 25.0 Å². The second-order valence-corrected chi connectivity index (χ2v) is 5.77. The van der Waals surface area contributed by atoms with Crippen molar-refractivity contribution in [2.75, 3.05) is 18.9 Å². The van der Waals surface area contributed by atoms with Crippen LogP contribution in [-0.2, 0) is 0 Å². The second-order valence-electron chi connectivity index (χ2n) is 5.77. The molecule has 0 spiro atoms. The van der Waals surface area contributed by atoms with Crippen LogP contribution in [0.5, 0.6) is 0 Å². The van der Waals surface area contributed by atoms with Crippen LogP contribution < -0.4 is 11.3 Å². The van der Waals surface area contributed by atoms with E-state index in [1.54, 1.807) is 4.57 Å². The maximum atomic E-state index is 11.8. The van der Waals surface area contributed by atoms with E-state index in [0.29, 0.717) is 18.5 Å². The molecule has 0 aliphatic heterocycles. The zero-order chi connectivity index (χ0) is 15.9. The Morgan fingerprint density at radius 1 is 1.32 bits per heavy atom. The predicted molar refractivity (Wildman–Crippen MR) is 78.0 cm³/mol. The fourth-order valence-corrected chi connectivity index (χ4v) is 3.25. The number of H-pyrrole nitrogens is 1. The number of imidazole rings is 1. The fraction of sp³-hybridized carbons (Fsp3) is 0.615. The number of hydrogen-bond acceptors (Lipinski definition) is 7. The number of nitrogens with one attached hydrogen (secondary N) is 1. The van der Waals surface area contributed by atoms with Crippen molar-refractivity contribution in [3.63, 3.8) is 0 Å². The Hall–Kier alpha value is -1.97. The SMILES string of the molecule is Nc1nc2c(ncn2[C@@H]2C[C@H](CO)[C@@H](CO)C[C@@H]2O)c(=O)[nH]1. The summed E-state index contributed by atoms with van der Waals surface area (Å²) in [5, 5.41) is 29.2. The number of nitrogens with two attached hydrogens (primary N) is 1. The molecule has 4 atom stereocenters. The van der Waals surface area contributed by atoms with Crippen LogP contribution in [0, 0.1) is 11.8 Å². The molecular formula is C13H19N5O4. The van der Waals surface area contributed by atoms with Crippen LogP contribution in [0.25, 0.3) is 11.2 Å². The largest absolute Gasteiger partial charge is 0.396 e. The lowest BCUT2D eigenvalue weighted by Gasteiger charge is -2.38. The summed E-state index contributed by atoms with van der Waals surface area (Å²) in [6, 6.07) is -0.376. The maximum Gasteiger partial charge on any atom is 0.280 e. The number of nitrogen functional groups attached to an aromatic ring is 1. The smallest absolute Gasteiger partial charge is 0.280 e. The van der Waals surface area contributed by atoms with Crippen molar-refractivity contribution in [2.24, 2.45) is 11.8 Å². The van der Waals surface area contributed by atoms with Crippen LogP contribution in [0.2, 0.25) is 0 Å². The van der Waals surface area contributed by atoms with Crippen molar-refractivity contribution in [3.05, 3.63) is 16.7 Å². The average molecular weight is 309 g/mol. The van der Waals surface area contributed by atoms with Gasteiger partial charge in [0.05, 0.1) is 18.5 Å². The molecule has 0 amide bonds. The van der Waals surface area contributed by atoms with Crippen molar-refractivity contribution < 1.29 is 15.3 Å². The summed E-state index contributed by atoms with van der Waals surface area (Å²) in [5.74, 6) is -0.292. The third-order valence-corrected chi connectivity index (χ3v) is 4.48. The molecule has 3 rings (SSSR count). The Labute approximate surface area is 125 Å². The minimum atomic E-state index is -0.723. The topological polar surface area (TPSA) is 150 Å². The predicted octanol–water partition coefficient (Wildman–Crippen LogP) is -1.39. The van der Waals surface area contributed by atoms with Gasteiger partial charge in [0.15, 0.2) is 11.2 Å². The normalized spacial score (nSPS) is 29.0. The molecule has 2 aromatic heterocycles. The summed E-state index contributed by atoms with van der Waals surface area (Å²) in [6.45, 7) is -0.151. The van der Waals surface area contributed by atoms with E-state index < -0.39 is 11.7 Å². The van der Waals surface area contributed by atoms with Gasteiger partial charge in [-0.25, -0.2) is 4.98 Å². The van der Waals surface area contributed by atoms with Gasteiger partial charge in [-0.1, -0.05) is 0 Å². The molecule has 1 aliphatic rings. The third-order valence-electron chi connectivity index (χ3n) is 4.48. The molecular weight excluding hydrogens is 290 g/mol. The lowest BCUT2D eigenvalue weighted by molar-refractivity contribution is -0.0139. The van der Waals surface area contributed by atoms with E-state index in [0.717, 1.165) is 0 Å². The molecule has 2 aromatic rings. The van der Waals surface area contributed by atoms with Crippen LogP contribution in [-0.4, -0.2) is 54.2 Å². The van der Waals surface area contributed by atoms with Gasteiger partial charge < -0.3 is 25.6 Å². The maximum absolute atomic E-state index is 11.8. The molecule has 0 bridgehead atoms. The van der Waals surface area contributed by atoms with Gasteiger partial charge >= 0.3 is 0 Å². The molecule has 9 heteroatoms. The summed E-state index contributed by atoms with van der Waals surface area (Å²) >= 11 is 0.